The molecular weight excluding hydrogens is 450 g/mol. The average molecular weight is 484 g/mol. The number of benzene rings is 1. The van der Waals surface area contributed by atoms with Crippen LogP contribution in [0.5, 0.6) is 5.75 Å². The lowest BCUT2D eigenvalue weighted by atomic mass is 9.71. The Kier molecular flexibility index (Phi) is 5.96. The van der Waals surface area contributed by atoms with Crippen molar-refractivity contribution < 1.29 is 9.53 Å². The summed E-state index contributed by atoms with van der Waals surface area (Å²) < 4.78 is 5.16. The van der Waals surface area contributed by atoms with Gasteiger partial charge in [0.1, 0.15) is 5.75 Å². The van der Waals surface area contributed by atoms with E-state index in [1.807, 2.05) is 36.2 Å². The number of carbonyl (C=O) groups excluding carboxylic acids is 1. The lowest BCUT2D eigenvalue weighted by molar-refractivity contribution is -0.136. The summed E-state index contributed by atoms with van der Waals surface area (Å²) in [7, 11) is 1.62. The minimum absolute atomic E-state index is 0.178. The van der Waals surface area contributed by atoms with Crippen molar-refractivity contribution in [3.63, 3.8) is 0 Å². The van der Waals surface area contributed by atoms with Gasteiger partial charge in [-0.3, -0.25) is 14.7 Å². The summed E-state index contributed by atoms with van der Waals surface area (Å²) in [6.45, 7) is 5.99. The molecular formula is C29H33N5O2. The number of aryl methyl sites for hydroxylation is 2. The number of aromatic nitrogens is 3. The van der Waals surface area contributed by atoms with E-state index in [4.69, 9.17) is 4.74 Å². The summed E-state index contributed by atoms with van der Waals surface area (Å²) in [5.41, 5.74) is 6.19. The lowest BCUT2D eigenvalue weighted by Crippen LogP contribution is -2.61. The van der Waals surface area contributed by atoms with Crippen LogP contribution in [-0.2, 0) is 17.6 Å². The van der Waals surface area contributed by atoms with Crippen LogP contribution in [0.25, 0.3) is 11.4 Å². The smallest absolute Gasteiger partial charge is 0.228 e. The maximum Gasteiger partial charge on any atom is 0.228 e. The van der Waals surface area contributed by atoms with E-state index in [1.54, 1.807) is 13.3 Å². The van der Waals surface area contributed by atoms with Crippen LogP contribution in [0, 0.1) is 12.3 Å². The van der Waals surface area contributed by atoms with E-state index in [0.29, 0.717) is 23.6 Å². The summed E-state index contributed by atoms with van der Waals surface area (Å²) in [4.78, 5) is 30.9. The fraction of sp³-hybridized carbons (Fsp3) is 0.448. The first-order valence-electron chi connectivity index (χ1n) is 13.0. The molecule has 186 valence electrons. The first-order valence-corrected chi connectivity index (χ1v) is 13.0. The van der Waals surface area contributed by atoms with E-state index in [0.717, 1.165) is 68.2 Å². The van der Waals surface area contributed by atoms with E-state index in [1.165, 1.54) is 17.5 Å². The molecule has 1 aliphatic carbocycles. The standard InChI is InChI=1S/C29H33N5O2/c1-20-9-12-30-28(32-20)22-3-7-25-21(15-22)4-8-26(25)34-18-29(19-34)10-13-33(14-11-29)27(35)16-23-5-6-24(36-2)17-31-23/h3,5-7,9,12,15,17,26H,4,8,10-11,13-14,16,18-19H2,1-2H3. The fourth-order valence-electron chi connectivity index (χ4n) is 6.19. The number of nitrogens with zero attached hydrogens (tertiary/aromatic N) is 5. The quantitative estimate of drug-likeness (QED) is 0.546. The molecule has 4 heterocycles. The Morgan fingerprint density at radius 3 is 2.67 bits per heavy atom. The maximum absolute atomic E-state index is 12.8. The third kappa shape index (κ3) is 4.37. The number of likely N-dealkylation sites (tertiary alicyclic amines) is 2. The van der Waals surface area contributed by atoms with Crippen molar-refractivity contribution >= 4 is 5.91 Å². The number of rotatable bonds is 5. The predicted molar refractivity (Wildman–Crippen MR) is 138 cm³/mol. The van der Waals surface area contributed by atoms with Crippen LogP contribution in [0.4, 0.5) is 0 Å². The topological polar surface area (TPSA) is 71.5 Å². The molecule has 1 amide bonds. The number of carbonyl (C=O) groups is 1. The van der Waals surface area contributed by atoms with E-state index in [-0.39, 0.29) is 5.91 Å². The molecule has 0 radical (unpaired) electrons. The molecule has 7 nitrogen and oxygen atoms in total. The highest BCUT2D eigenvalue weighted by Gasteiger charge is 2.48. The fourth-order valence-corrected chi connectivity index (χ4v) is 6.19. The molecule has 2 saturated heterocycles. The largest absolute Gasteiger partial charge is 0.495 e. The molecule has 2 fully saturated rings. The SMILES string of the molecule is COc1ccc(CC(=O)N2CCC3(CC2)CN(C2CCc4cc(-c5nccc(C)n5)ccc42)C3)nc1. The zero-order valence-corrected chi connectivity index (χ0v) is 21.1. The van der Waals surface area contributed by atoms with Gasteiger partial charge in [-0.05, 0) is 73.4 Å². The zero-order chi connectivity index (χ0) is 24.7. The van der Waals surface area contributed by atoms with Crippen LogP contribution in [0.3, 0.4) is 0 Å². The summed E-state index contributed by atoms with van der Waals surface area (Å²) in [6, 6.07) is 13.0. The highest BCUT2D eigenvalue weighted by atomic mass is 16.5. The third-order valence-electron chi connectivity index (χ3n) is 8.30. The van der Waals surface area contributed by atoms with Crippen LogP contribution in [0.1, 0.15) is 47.8 Å². The number of methoxy groups -OCH3 is 1. The molecule has 0 saturated carbocycles. The summed E-state index contributed by atoms with van der Waals surface area (Å²) in [5, 5.41) is 0. The number of fused-ring (bicyclic) bond motifs is 1. The van der Waals surface area contributed by atoms with Crippen LogP contribution in [0.2, 0.25) is 0 Å². The van der Waals surface area contributed by atoms with Crippen molar-refractivity contribution in [2.24, 2.45) is 5.41 Å². The molecule has 1 atom stereocenters. The van der Waals surface area contributed by atoms with Gasteiger partial charge in [-0.2, -0.15) is 0 Å². The van der Waals surface area contributed by atoms with Crippen molar-refractivity contribution in [3.8, 4) is 17.1 Å². The molecule has 1 unspecified atom stereocenters. The number of amides is 1. The second kappa shape index (κ2) is 9.28. The van der Waals surface area contributed by atoms with Crippen molar-refractivity contribution in [1.82, 2.24) is 24.8 Å². The van der Waals surface area contributed by atoms with Gasteiger partial charge in [-0.25, -0.2) is 9.97 Å². The van der Waals surface area contributed by atoms with Crippen LogP contribution < -0.4 is 4.74 Å². The van der Waals surface area contributed by atoms with E-state index >= 15 is 0 Å². The van der Waals surface area contributed by atoms with Gasteiger partial charge >= 0.3 is 0 Å². The summed E-state index contributed by atoms with van der Waals surface area (Å²) in [5.74, 6) is 1.70. The molecule has 0 N–H and O–H groups in total. The average Bonchev–Trinajstić information content (AvgIpc) is 3.31. The molecule has 0 bridgehead atoms. The van der Waals surface area contributed by atoms with Gasteiger partial charge in [-0.1, -0.05) is 12.1 Å². The Balaban J connectivity index is 1.04. The van der Waals surface area contributed by atoms with Gasteiger partial charge in [0.2, 0.25) is 5.91 Å². The molecule has 3 aromatic rings. The Morgan fingerprint density at radius 2 is 1.94 bits per heavy atom. The molecule has 6 rings (SSSR count). The first kappa shape index (κ1) is 23.1. The monoisotopic (exact) mass is 483 g/mol. The predicted octanol–water partition coefficient (Wildman–Crippen LogP) is 4.01. The van der Waals surface area contributed by atoms with Gasteiger partial charge in [0.15, 0.2) is 5.82 Å². The van der Waals surface area contributed by atoms with Crippen molar-refractivity contribution in [2.75, 3.05) is 33.3 Å². The second-order valence-corrected chi connectivity index (χ2v) is 10.6. The van der Waals surface area contributed by atoms with Crippen LogP contribution in [0.15, 0.2) is 48.8 Å². The molecule has 2 aromatic heterocycles. The zero-order valence-electron chi connectivity index (χ0n) is 21.1. The number of hydrogen-bond donors (Lipinski definition) is 0. The highest BCUT2D eigenvalue weighted by molar-refractivity contribution is 5.78. The minimum Gasteiger partial charge on any atom is -0.495 e. The van der Waals surface area contributed by atoms with E-state index in [9.17, 15) is 4.79 Å². The minimum atomic E-state index is 0.178. The Hall–Kier alpha value is -3.32. The highest BCUT2D eigenvalue weighted by Crippen LogP contribution is 2.48. The van der Waals surface area contributed by atoms with Crippen molar-refractivity contribution in [1.29, 1.82) is 0 Å². The molecule has 1 aromatic carbocycles. The number of ether oxygens (including phenoxy) is 1. The number of hydrogen-bond acceptors (Lipinski definition) is 6. The Morgan fingerprint density at radius 1 is 1.11 bits per heavy atom. The second-order valence-electron chi connectivity index (χ2n) is 10.6. The molecule has 2 aliphatic heterocycles. The van der Waals surface area contributed by atoms with Gasteiger partial charge < -0.3 is 9.64 Å². The Bertz CT molecular complexity index is 1260. The first-order chi connectivity index (χ1) is 17.5. The van der Waals surface area contributed by atoms with Crippen LogP contribution >= 0.6 is 0 Å². The number of pyridine rings is 1. The van der Waals surface area contributed by atoms with Gasteiger partial charge in [0.25, 0.3) is 0 Å². The van der Waals surface area contributed by atoms with Gasteiger partial charge in [0, 0.05) is 55.4 Å². The molecule has 36 heavy (non-hydrogen) atoms. The van der Waals surface area contributed by atoms with Gasteiger partial charge in [0.05, 0.1) is 19.7 Å². The van der Waals surface area contributed by atoms with Crippen molar-refractivity contribution in [2.45, 2.75) is 45.1 Å². The van der Waals surface area contributed by atoms with Crippen molar-refractivity contribution in [3.05, 3.63) is 71.3 Å². The molecule has 7 heteroatoms. The molecule has 3 aliphatic rings. The van der Waals surface area contributed by atoms with Crippen LogP contribution in [-0.4, -0.2) is 63.9 Å². The Labute approximate surface area is 212 Å². The third-order valence-corrected chi connectivity index (χ3v) is 8.30. The van der Waals surface area contributed by atoms with E-state index < -0.39 is 0 Å². The number of piperidine rings is 1. The summed E-state index contributed by atoms with van der Waals surface area (Å²) in [6.07, 6.45) is 8.35. The normalized spacial score (nSPS) is 20.7. The summed E-state index contributed by atoms with van der Waals surface area (Å²) >= 11 is 0. The van der Waals surface area contributed by atoms with Gasteiger partial charge in [-0.15, -0.1) is 0 Å². The maximum atomic E-state index is 12.8. The molecule has 1 spiro atoms. The van der Waals surface area contributed by atoms with E-state index in [2.05, 4.69) is 38.1 Å². The lowest BCUT2D eigenvalue weighted by Gasteiger charge is -2.56.